The van der Waals surface area contributed by atoms with Crippen molar-refractivity contribution in [3.63, 3.8) is 0 Å². The van der Waals surface area contributed by atoms with E-state index in [-0.39, 0.29) is 11.6 Å². The van der Waals surface area contributed by atoms with Gasteiger partial charge in [-0.3, -0.25) is 10.1 Å². The molecule has 0 aliphatic heterocycles. The lowest BCUT2D eigenvalue weighted by Gasteiger charge is -2.03. The molecule has 19 heavy (non-hydrogen) atoms. The van der Waals surface area contributed by atoms with E-state index < -0.39 is 0 Å². The summed E-state index contributed by atoms with van der Waals surface area (Å²) in [6, 6.07) is 3.38. The van der Waals surface area contributed by atoms with E-state index in [4.69, 9.17) is 0 Å². The lowest BCUT2D eigenvalue weighted by molar-refractivity contribution is 0.102. The quantitative estimate of drug-likeness (QED) is 0.876. The molecule has 0 aliphatic carbocycles. The highest BCUT2D eigenvalue weighted by Gasteiger charge is 2.10. The molecule has 6 nitrogen and oxygen atoms in total. The molecule has 0 saturated heterocycles. The first-order chi connectivity index (χ1) is 9.19. The van der Waals surface area contributed by atoms with Crippen LogP contribution in [0.4, 0.5) is 10.9 Å². The number of thiazole rings is 1. The molecule has 2 heterocycles. The van der Waals surface area contributed by atoms with Gasteiger partial charge in [-0.25, -0.2) is 4.98 Å². The maximum Gasteiger partial charge on any atom is 0.277 e. The Kier molecular flexibility index (Phi) is 4.40. The van der Waals surface area contributed by atoms with Crippen LogP contribution in [0.5, 0.6) is 0 Å². The van der Waals surface area contributed by atoms with Crippen LogP contribution in [-0.4, -0.2) is 27.6 Å². The summed E-state index contributed by atoms with van der Waals surface area (Å²) < 4.78 is 0. The fraction of sp³-hybridized carbons (Fsp3) is 0.333. The van der Waals surface area contributed by atoms with Gasteiger partial charge in [0.15, 0.2) is 10.8 Å². The summed E-state index contributed by atoms with van der Waals surface area (Å²) in [6.45, 7) is 4.83. The van der Waals surface area contributed by atoms with Crippen molar-refractivity contribution in [2.24, 2.45) is 0 Å². The number of rotatable bonds is 5. The molecule has 2 N–H and O–H groups in total. The van der Waals surface area contributed by atoms with Crippen LogP contribution in [0.2, 0.25) is 0 Å². The van der Waals surface area contributed by atoms with E-state index in [9.17, 15) is 4.79 Å². The average molecular weight is 277 g/mol. The van der Waals surface area contributed by atoms with E-state index in [2.05, 4.69) is 32.7 Å². The van der Waals surface area contributed by atoms with Crippen molar-refractivity contribution >= 4 is 28.2 Å². The van der Waals surface area contributed by atoms with Crippen molar-refractivity contribution < 1.29 is 4.79 Å². The normalized spacial score (nSPS) is 10.2. The van der Waals surface area contributed by atoms with Crippen molar-refractivity contribution in [1.29, 1.82) is 0 Å². The minimum atomic E-state index is -0.302. The Morgan fingerprint density at radius 1 is 1.37 bits per heavy atom. The first kappa shape index (κ1) is 13.4. The van der Waals surface area contributed by atoms with E-state index in [1.807, 2.05) is 6.92 Å². The molecule has 1 amide bonds. The predicted molar refractivity (Wildman–Crippen MR) is 75.6 cm³/mol. The summed E-state index contributed by atoms with van der Waals surface area (Å²) in [6.07, 6.45) is 2.72. The van der Waals surface area contributed by atoms with E-state index in [1.54, 1.807) is 18.3 Å². The summed E-state index contributed by atoms with van der Waals surface area (Å²) in [4.78, 5) is 17.0. The Bertz CT molecular complexity index is 552. The molecule has 2 aromatic heterocycles. The molecule has 0 aromatic carbocycles. The molecule has 0 aliphatic rings. The predicted octanol–water partition coefficient (Wildman–Crippen LogP) is 2.32. The van der Waals surface area contributed by atoms with Crippen LogP contribution in [0, 0.1) is 6.92 Å². The molecule has 0 fully saturated rings. The topological polar surface area (TPSA) is 79.8 Å². The number of anilines is 2. The second kappa shape index (κ2) is 6.24. The fourth-order valence-corrected chi connectivity index (χ4v) is 2.03. The molecule has 2 rings (SSSR count). The van der Waals surface area contributed by atoms with Gasteiger partial charge in [-0.15, -0.1) is 21.5 Å². The summed E-state index contributed by atoms with van der Waals surface area (Å²) in [5.41, 5.74) is 0.273. The number of hydrogen-bond acceptors (Lipinski definition) is 6. The Morgan fingerprint density at radius 3 is 2.79 bits per heavy atom. The van der Waals surface area contributed by atoms with Crippen LogP contribution in [0.3, 0.4) is 0 Å². The maximum atomic E-state index is 11.9. The number of carbonyl (C=O) groups is 1. The molecule has 7 heteroatoms. The lowest BCUT2D eigenvalue weighted by Crippen LogP contribution is -2.14. The number of aryl methyl sites for hydroxylation is 1. The average Bonchev–Trinajstić information content (AvgIpc) is 2.82. The Hall–Kier alpha value is -2.02. The zero-order valence-corrected chi connectivity index (χ0v) is 11.6. The summed E-state index contributed by atoms with van der Waals surface area (Å²) in [5.74, 6) is 0.368. The molecule has 0 unspecified atom stereocenters. The fourth-order valence-electron chi connectivity index (χ4n) is 1.37. The van der Waals surface area contributed by atoms with Gasteiger partial charge in [-0.2, -0.15) is 0 Å². The van der Waals surface area contributed by atoms with E-state index in [0.29, 0.717) is 10.9 Å². The first-order valence-corrected chi connectivity index (χ1v) is 6.82. The molecule has 0 bridgehead atoms. The minimum Gasteiger partial charge on any atom is -0.369 e. The van der Waals surface area contributed by atoms with Gasteiger partial charge in [0, 0.05) is 17.6 Å². The summed E-state index contributed by atoms with van der Waals surface area (Å²) in [5, 5.41) is 14.2. The molecule has 0 radical (unpaired) electrons. The zero-order valence-electron chi connectivity index (χ0n) is 10.8. The van der Waals surface area contributed by atoms with E-state index >= 15 is 0 Å². The van der Waals surface area contributed by atoms with Gasteiger partial charge >= 0.3 is 0 Å². The highest BCUT2D eigenvalue weighted by atomic mass is 32.1. The standard InChI is InChI=1S/C12H15N5OS/c1-3-6-13-10-5-4-9(16-17-10)11(18)15-12-14-7-8(2)19-12/h4-5,7H,3,6H2,1-2H3,(H,13,17)(H,14,15,18). The van der Waals surface area contributed by atoms with Crippen LogP contribution < -0.4 is 10.6 Å². The van der Waals surface area contributed by atoms with Gasteiger partial charge in [0.25, 0.3) is 5.91 Å². The summed E-state index contributed by atoms with van der Waals surface area (Å²) in [7, 11) is 0. The van der Waals surface area contributed by atoms with Crippen molar-refractivity contribution in [2.45, 2.75) is 20.3 Å². The molecule has 0 atom stereocenters. The van der Waals surface area contributed by atoms with E-state index in [1.165, 1.54) is 11.3 Å². The molecule has 2 aromatic rings. The van der Waals surface area contributed by atoms with Crippen molar-refractivity contribution in [3.05, 3.63) is 28.9 Å². The third-order valence-corrected chi connectivity index (χ3v) is 3.12. The lowest BCUT2D eigenvalue weighted by atomic mass is 10.3. The van der Waals surface area contributed by atoms with Gasteiger partial charge in [-0.1, -0.05) is 6.92 Å². The van der Waals surface area contributed by atoms with Crippen LogP contribution in [0.1, 0.15) is 28.7 Å². The molecule has 0 spiro atoms. The smallest absolute Gasteiger partial charge is 0.277 e. The summed E-state index contributed by atoms with van der Waals surface area (Å²) >= 11 is 1.42. The zero-order chi connectivity index (χ0) is 13.7. The Balaban J connectivity index is 1.99. The van der Waals surface area contributed by atoms with Gasteiger partial charge < -0.3 is 5.32 Å². The second-order valence-corrected chi connectivity index (χ2v) is 5.20. The minimum absolute atomic E-state index is 0.273. The maximum absolute atomic E-state index is 11.9. The van der Waals surface area contributed by atoms with Crippen molar-refractivity contribution in [1.82, 2.24) is 15.2 Å². The Morgan fingerprint density at radius 2 is 2.21 bits per heavy atom. The second-order valence-electron chi connectivity index (χ2n) is 3.96. The number of amides is 1. The molecular formula is C12H15N5OS. The first-order valence-electron chi connectivity index (χ1n) is 6.00. The number of aromatic nitrogens is 3. The SMILES string of the molecule is CCCNc1ccc(C(=O)Nc2ncc(C)s2)nn1. The van der Waals surface area contributed by atoms with Crippen LogP contribution in [0.25, 0.3) is 0 Å². The van der Waals surface area contributed by atoms with Gasteiger partial charge in [0.1, 0.15) is 5.82 Å². The van der Waals surface area contributed by atoms with Gasteiger partial charge in [0.05, 0.1) is 0 Å². The molecular weight excluding hydrogens is 262 g/mol. The number of hydrogen-bond donors (Lipinski definition) is 2. The van der Waals surface area contributed by atoms with Crippen LogP contribution in [-0.2, 0) is 0 Å². The number of carbonyl (C=O) groups excluding carboxylic acids is 1. The molecule has 0 saturated carbocycles. The van der Waals surface area contributed by atoms with Crippen molar-refractivity contribution in [2.75, 3.05) is 17.2 Å². The van der Waals surface area contributed by atoms with Gasteiger partial charge in [0.2, 0.25) is 0 Å². The third kappa shape index (κ3) is 3.72. The van der Waals surface area contributed by atoms with Crippen LogP contribution >= 0.6 is 11.3 Å². The van der Waals surface area contributed by atoms with Crippen LogP contribution in [0.15, 0.2) is 18.3 Å². The molecule has 100 valence electrons. The number of nitrogens with one attached hydrogen (secondary N) is 2. The highest BCUT2D eigenvalue weighted by molar-refractivity contribution is 7.15. The Labute approximate surface area is 115 Å². The van der Waals surface area contributed by atoms with Gasteiger partial charge in [-0.05, 0) is 25.5 Å². The van der Waals surface area contributed by atoms with E-state index in [0.717, 1.165) is 17.8 Å². The van der Waals surface area contributed by atoms with Crippen molar-refractivity contribution in [3.8, 4) is 0 Å². The highest BCUT2D eigenvalue weighted by Crippen LogP contribution is 2.17. The third-order valence-electron chi connectivity index (χ3n) is 2.30. The number of nitrogens with zero attached hydrogens (tertiary/aromatic N) is 3. The largest absolute Gasteiger partial charge is 0.369 e. The monoisotopic (exact) mass is 277 g/mol.